The molecule has 102 valence electrons. The fraction of sp³-hybridized carbons (Fsp3) is 0.0714. The summed E-state index contributed by atoms with van der Waals surface area (Å²) in [4.78, 5) is 1.02. The van der Waals surface area contributed by atoms with E-state index in [0.29, 0.717) is 10.8 Å². The van der Waals surface area contributed by atoms with Gasteiger partial charge in [0.1, 0.15) is 5.75 Å². The van der Waals surface area contributed by atoms with Gasteiger partial charge in [0.15, 0.2) is 5.82 Å². The van der Waals surface area contributed by atoms with Crippen molar-refractivity contribution in [2.45, 2.75) is 0 Å². The van der Waals surface area contributed by atoms with E-state index in [1.54, 1.807) is 18.4 Å². The topological polar surface area (TPSA) is 63.9 Å². The number of anilines is 1. The van der Waals surface area contributed by atoms with Crippen LogP contribution in [0.15, 0.2) is 35.7 Å². The maximum Gasteiger partial charge on any atom is 0.153 e. The molecule has 0 fully saturated rings. The average molecular weight is 306 g/mol. The number of ether oxygens (including phenoxy) is 1. The summed E-state index contributed by atoms with van der Waals surface area (Å²) in [5.41, 5.74) is 8.73. The van der Waals surface area contributed by atoms with Gasteiger partial charge in [-0.3, -0.25) is 5.10 Å². The number of hydrogen-bond donors (Lipinski definition) is 2. The van der Waals surface area contributed by atoms with Crippen LogP contribution in [0.25, 0.3) is 21.7 Å². The molecule has 3 N–H and O–H groups in total. The third-order valence-corrected chi connectivity index (χ3v) is 4.16. The first-order chi connectivity index (χ1) is 9.69. The summed E-state index contributed by atoms with van der Waals surface area (Å²) in [7, 11) is 1.65. The average Bonchev–Trinajstić information content (AvgIpc) is 3.06. The fourth-order valence-corrected chi connectivity index (χ4v) is 2.98. The van der Waals surface area contributed by atoms with Gasteiger partial charge in [0.25, 0.3) is 0 Å². The zero-order valence-electron chi connectivity index (χ0n) is 10.7. The predicted octanol–water partition coefficient (Wildman–Crippen LogP) is 4.05. The Hall–Kier alpha value is -1.98. The van der Waals surface area contributed by atoms with Gasteiger partial charge in [-0.1, -0.05) is 23.7 Å². The highest BCUT2D eigenvalue weighted by Gasteiger charge is 2.16. The van der Waals surface area contributed by atoms with Crippen molar-refractivity contribution in [3.05, 3.63) is 40.7 Å². The van der Waals surface area contributed by atoms with E-state index in [2.05, 4.69) is 10.2 Å². The molecule has 0 radical (unpaired) electrons. The van der Waals surface area contributed by atoms with Crippen LogP contribution >= 0.6 is 22.9 Å². The van der Waals surface area contributed by atoms with Gasteiger partial charge in [-0.15, -0.1) is 11.3 Å². The molecule has 2 heterocycles. The third kappa shape index (κ3) is 2.26. The lowest BCUT2D eigenvalue weighted by Crippen LogP contribution is -1.88. The van der Waals surface area contributed by atoms with E-state index in [1.807, 2.05) is 35.7 Å². The van der Waals surface area contributed by atoms with Gasteiger partial charge in [-0.25, -0.2) is 0 Å². The summed E-state index contributed by atoms with van der Waals surface area (Å²) in [6.45, 7) is 0. The molecule has 0 bridgehead atoms. The molecular formula is C14H12ClN3OS. The Bertz CT molecular complexity index is 733. The van der Waals surface area contributed by atoms with E-state index in [-0.39, 0.29) is 0 Å². The second-order valence-electron chi connectivity index (χ2n) is 4.22. The zero-order valence-corrected chi connectivity index (χ0v) is 12.3. The van der Waals surface area contributed by atoms with Crippen LogP contribution in [0.1, 0.15) is 0 Å². The molecule has 4 nitrogen and oxygen atoms in total. The summed E-state index contributed by atoms with van der Waals surface area (Å²) >= 11 is 7.50. The lowest BCUT2D eigenvalue weighted by Gasteiger charge is -2.03. The van der Waals surface area contributed by atoms with Crippen LogP contribution in [-0.4, -0.2) is 17.3 Å². The lowest BCUT2D eigenvalue weighted by molar-refractivity contribution is 0.417. The summed E-state index contributed by atoms with van der Waals surface area (Å²) in [6.07, 6.45) is 0. The largest absolute Gasteiger partial charge is 0.496 e. The number of thiophene rings is 1. The number of aromatic amines is 1. The standard InChI is InChI=1S/C14H12ClN3OS/c1-19-10-6-11(20-7-10)13-12(14(16)18-17-13)8-2-4-9(15)5-3-8/h2-7H,1H3,(H3,16,17,18). The zero-order chi connectivity index (χ0) is 14.1. The first-order valence-corrected chi connectivity index (χ1v) is 7.17. The summed E-state index contributed by atoms with van der Waals surface area (Å²) in [6, 6.07) is 9.48. The van der Waals surface area contributed by atoms with Gasteiger partial charge in [-0.05, 0) is 17.7 Å². The second-order valence-corrected chi connectivity index (χ2v) is 5.56. The first kappa shape index (κ1) is 13.0. The number of methoxy groups -OCH3 is 1. The fourth-order valence-electron chi connectivity index (χ4n) is 2.00. The lowest BCUT2D eigenvalue weighted by atomic mass is 10.0. The van der Waals surface area contributed by atoms with Crippen molar-refractivity contribution in [1.29, 1.82) is 0 Å². The number of aromatic nitrogens is 2. The second kappa shape index (κ2) is 5.19. The Morgan fingerprint density at radius 1 is 1.30 bits per heavy atom. The normalized spacial score (nSPS) is 10.7. The monoisotopic (exact) mass is 305 g/mol. The predicted molar refractivity (Wildman–Crippen MR) is 83.3 cm³/mol. The van der Waals surface area contributed by atoms with E-state index in [1.165, 1.54) is 0 Å². The van der Waals surface area contributed by atoms with Crippen molar-refractivity contribution in [3.8, 4) is 27.4 Å². The highest BCUT2D eigenvalue weighted by atomic mass is 35.5. The van der Waals surface area contributed by atoms with E-state index in [9.17, 15) is 0 Å². The molecule has 0 atom stereocenters. The number of halogens is 1. The van der Waals surface area contributed by atoms with Gasteiger partial charge >= 0.3 is 0 Å². The third-order valence-electron chi connectivity index (χ3n) is 2.98. The molecule has 0 aliphatic rings. The number of benzene rings is 1. The van der Waals surface area contributed by atoms with Crippen molar-refractivity contribution in [2.75, 3.05) is 12.8 Å². The van der Waals surface area contributed by atoms with Gasteiger partial charge in [-0.2, -0.15) is 5.10 Å². The first-order valence-electron chi connectivity index (χ1n) is 5.91. The minimum atomic E-state index is 0.467. The number of nitrogens with one attached hydrogen (secondary N) is 1. The Balaban J connectivity index is 2.11. The van der Waals surface area contributed by atoms with Gasteiger partial charge < -0.3 is 10.5 Å². The van der Waals surface area contributed by atoms with Crippen molar-refractivity contribution in [2.24, 2.45) is 0 Å². The van der Waals surface area contributed by atoms with Crippen LogP contribution in [0, 0.1) is 0 Å². The van der Waals surface area contributed by atoms with Gasteiger partial charge in [0.05, 0.1) is 23.2 Å². The molecule has 1 aromatic carbocycles. The van der Waals surface area contributed by atoms with Crippen LogP contribution in [0.5, 0.6) is 5.75 Å². The molecule has 0 saturated carbocycles. The number of nitrogens with zero attached hydrogens (tertiary/aromatic N) is 1. The van der Waals surface area contributed by atoms with Crippen molar-refractivity contribution in [3.63, 3.8) is 0 Å². The molecule has 2 aromatic heterocycles. The van der Waals surface area contributed by atoms with Crippen LogP contribution in [0.4, 0.5) is 5.82 Å². The van der Waals surface area contributed by atoms with E-state index >= 15 is 0 Å². The van der Waals surface area contributed by atoms with Crippen molar-refractivity contribution < 1.29 is 4.74 Å². The SMILES string of the molecule is COc1csc(-c2[nH]nc(N)c2-c2ccc(Cl)cc2)c1. The molecule has 6 heteroatoms. The van der Waals surface area contributed by atoms with E-state index in [4.69, 9.17) is 22.1 Å². The Morgan fingerprint density at radius 2 is 2.05 bits per heavy atom. The molecule has 0 spiro atoms. The van der Waals surface area contributed by atoms with Crippen LogP contribution in [0.3, 0.4) is 0 Å². The summed E-state index contributed by atoms with van der Waals surface area (Å²) in [5, 5.41) is 9.73. The highest BCUT2D eigenvalue weighted by molar-refractivity contribution is 7.13. The van der Waals surface area contributed by atoms with Gasteiger partial charge in [0.2, 0.25) is 0 Å². The van der Waals surface area contributed by atoms with Crippen LogP contribution in [-0.2, 0) is 0 Å². The highest BCUT2D eigenvalue weighted by Crippen LogP contribution is 2.39. The number of hydrogen-bond acceptors (Lipinski definition) is 4. The summed E-state index contributed by atoms with van der Waals surface area (Å²) < 4.78 is 5.21. The summed E-state index contributed by atoms with van der Waals surface area (Å²) in [5.74, 6) is 1.29. The number of H-pyrrole nitrogens is 1. The molecular weight excluding hydrogens is 294 g/mol. The maximum atomic E-state index is 5.99. The number of nitrogens with two attached hydrogens (primary N) is 1. The quantitative estimate of drug-likeness (QED) is 0.767. The molecule has 0 saturated heterocycles. The molecule has 3 aromatic rings. The number of nitrogen functional groups attached to an aromatic ring is 1. The molecule has 0 amide bonds. The van der Waals surface area contributed by atoms with E-state index in [0.717, 1.165) is 27.4 Å². The minimum Gasteiger partial charge on any atom is -0.496 e. The molecule has 0 unspecified atom stereocenters. The molecule has 3 rings (SSSR count). The maximum absolute atomic E-state index is 5.99. The van der Waals surface area contributed by atoms with Gasteiger partial charge in [0, 0.05) is 16.5 Å². The van der Waals surface area contributed by atoms with Crippen molar-refractivity contribution in [1.82, 2.24) is 10.2 Å². The molecule has 0 aliphatic heterocycles. The molecule has 20 heavy (non-hydrogen) atoms. The van der Waals surface area contributed by atoms with Crippen LogP contribution < -0.4 is 10.5 Å². The van der Waals surface area contributed by atoms with E-state index < -0.39 is 0 Å². The minimum absolute atomic E-state index is 0.467. The Morgan fingerprint density at radius 3 is 2.70 bits per heavy atom. The molecule has 0 aliphatic carbocycles. The van der Waals surface area contributed by atoms with Crippen molar-refractivity contribution >= 4 is 28.8 Å². The van der Waals surface area contributed by atoms with Crippen LogP contribution in [0.2, 0.25) is 5.02 Å². The smallest absolute Gasteiger partial charge is 0.153 e. The Labute approximate surface area is 125 Å². The number of rotatable bonds is 3. The Kier molecular flexibility index (Phi) is 3.38.